The number of rotatable bonds is 7. The van der Waals surface area contributed by atoms with Crippen molar-refractivity contribution in [1.29, 1.82) is 0 Å². The quantitative estimate of drug-likeness (QED) is 0.323. The highest BCUT2D eigenvalue weighted by atomic mass is 16.6. The molecule has 0 spiro atoms. The summed E-state index contributed by atoms with van der Waals surface area (Å²) in [6, 6.07) is 4.15. The van der Waals surface area contributed by atoms with Crippen LogP contribution < -0.4 is 16.0 Å². The van der Waals surface area contributed by atoms with Gasteiger partial charge in [-0.1, -0.05) is 0 Å². The summed E-state index contributed by atoms with van der Waals surface area (Å²) in [5.41, 5.74) is 6.50. The van der Waals surface area contributed by atoms with Crippen LogP contribution in [0.5, 0.6) is 0 Å². The number of amides is 1. The molecule has 0 atom stereocenters. The summed E-state index contributed by atoms with van der Waals surface area (Å²) in [7, 11) is 3.24. The topological polar surface area (TPSA) is 111 Å². The van der Waals surface area contributed by atoms with Crippen LogP contribution in [0.1, 0.15) is 0 Å². The minimum Gasteiger partial charge on any atom is -0.397 e. The van der Waals surface area contributed by atoms with Gasteiger partial charge in [0.25, 0.3) is 5.69 Å². The Morgan fingerprint density at radius 1 is 1.55 bits per heavy atom. The molecule has 0 bridgehead atoms. The molecule has 0 unspecified atom stereocenters. The number of hydrogen-bond acceptors (Lipinski definition) is 6. The van der Waals surface area contributed by atoms with Crippen molar-refractivity contribution in [3.05, 3.63) is 28.3 Å². The number of nitrogens with zero attached hydrogens (tertiary/aromatic N) is 2. The van der Waals surface area contributed by atoms with E-state index in [-0.39, 0.29) is 23.8 Å². The minimum atomic E-state index is -0.516. The van der Waals surface area contributed by atoms with E-state index in [1.54, 1.807) is 19.1 Å². The SMILES string of the molecule is COCCNC(=O)CN(C)c1ccc([N+](=O)[O-])cc1N. The van der Waals surface area contributed by atoms with Crippen molar-refractivity contribution < 1.29 is 14.5 Å². The van der Waals surface area contributed by atoms with Crippen molar-refractivity contribution in [3.8, 4) is 0 Å². The first kappa shape index (κ1) is 15.7. The molecule has 8 heteroatoms. The first-order chi connectivity index (χ1) is 9.45. The average Bonchev–Trinajstić information content (AvgIpc) is 2.38. The van der Waals surface area contributed by atoms with E-state index in [9.17, 15) is 14.9 Å². The first-order valence-corrected chi connectivity index (χ1v) is 5.96. The number of nitrogens with one attached hydrogen (secondary N) is 1. The lowest BCUT2D eigenvalue weighted by Gasteiger charge is -2.20. The van der Waals surface area contributed by atoms with Crippen LogP contribution >= 0.6 is 0 Å². The highest BCUT2D eigenvalue weighted by molar-refractivity contribution is 5.83. The lowest BCUT2D eigenvalue weighted by molar-refractivity contribution is -0.384. The normalized spacial score (nSPS) is 10.1. The van der Waals surface area contributed by atoms with Gasteiger partial charge >= 0.3 is 0 Å². The van der Waals surface area contributed by atoms with Gasteiger partial charge in [0, 0.05) is 32.8 Å². The average molecular weight is 282 g/mol. The molecule has 0 heterocycles. The van der Waals surface area contributed by atoms with Gasteiger partial charge in [-0.2, -0.15) is 0 Å². The van der Waals surface area contributed by atoms with Crippen LogP contribution in [0, 0.1) is 10.1 Å². The van der Waals surface area contributed by atoms with E-state index in [1.807, 2.05) is 0 Å². The maximum Gasteiger partial charge on any atom is 0.271 e. The van der Waals surface area contributed by atoms with Gasteiger partial charge in [0.2, 0.25) is 5.91 Å². The molecular weight excluding hydrogens is 264 g/mol. The van der Waals surface area contributed by atoms with E-state index in [2.05, 4.69) is 5.32 Å². The third kappa shape index (κ3) is 4.39. The van der Waals surface area contributed by atoms with Crippen molar-refractivity contribution in [3.63, 3.8) is 0 Å². The van der Waals surface area contributed by atoms with E-state index in [0.29, 0.717) is 18.8 Å². The predicted octanol–water partition coefficient (Wildman–Crippen LogP) is 0.376. The molecule has 0 aliphatic heterocycles. The molecule has 0 aliphatic rings. The maximum absolute atomic E-state index is 11.6. The Labute approximate surface area is 116 Å². The van der Waals surface area contributed by atoms with Gasteiger partial charge in [-0.3, -0.25) is 14.9 Å². The van der Waals surface area contributed by atoms with Gasteiger partial charge < -0.3 is 20.7 Å². The zero-order valence-electron chi connectivity index (χ0n) is 11.5. The van der Waals surface area contributed by atoms with Crippen LogP contribution in [0.15, 0.2) is 18.2 Å². The fourth-order valence-electron chi connectivity index (χ4n) is 1.65. The highest BCUT2D eigenvalue weighted by Gasteiger charge is 2.13. The van der Waals surface area contributed by atoms with Crippen LogP contribution in [0.4, 0.5) is 17.1 Å². The van der Waals surface area contributed by atoms with E-state index in [1.165, 1.54) is 18.2 Å². The maximum atomic E-state index is 11.6. The number of carbonyl (C=O) groups is 1. The molecule has 0 aliphatic carbocycles. The number of non-ortho nitro benzene ring substituents is 1. The van der Waals surface area contributed by atoms with Crippen LogP contribution in [0.3, 0.4) is 0 Å². The molecule has 0 saturated heterocycles. The number of nitrogen functional groups attached to an aromatic ring is 1. The number of nitro groups is 1. The zero-order valence-corrected chi connectivity index (χ0v) is 11.5. The second-order valence-electron chi connectivity index (χ2n) is 4.20. The van der Waals surface area contributed by atoms with Crippen molar-refractivity contribution in [2.24, 2.45) is 0 Å². The van der Waals surface area contributed by atoms with Gasteiger partial charge in [-0.05, 0) is 6.07 Å². The predicted molar refractivity (Wildman–Crippen MR) is 75.7 cm³/mol. The second-order valence-corrected chi connectivity index (χ2v) is 4.20. The Hall–Kier alpha value is -2.35. The van der Waals surface area contributed by atoms with Crippen LogP contribution in [-0.2, 0) is 9.53 Å². The summed E-state index contributed by atoms with van der Waals surface area (Å²) in [5.74, 6) is -0.178. The molecule has 0 saturated carbocycles. The van der Waals surface area contributed by atoms with Crippen molar-refractivity contribution in [1.82, 2.24) is 5.32 Å². The third-order valence-electron chi connectivity index (χ3n) is 2.64. The molecule has 0 radical (unpaired) electrons. The molecule has 3 N–H and O–H groups in total. The molecule has 0 aromatic heterocycles. The van der Waals surface area contributed by atoms with Gasteiger partial charge in [-0.15, -0.1) is 0 Å². The smallest absolute Gasteiger partial charge is 0.271 e. The number of nitrogens with two attached hydrogens (primary N) is 1. The van der Waals surface area contributed by atoms with E-state index >= 15 is 0 Å². The second kappa shape index (κ2) is 7.29. The number of hydrogen-bond donors (Lipinski definition) is 2. The number of benzene rings is 1. The lowest BCUT2D eigenvalue weighted by atomic mass is 10.2. The number of nitro benzene ring substituents is 1. The van der Waals surface area contributed by atoms with E-state index in [0.717, 1.165) is 0 Å². The molecule has 8 nitrogen and oxygen atoms in total. The Kier molecular flexibility index (Phi) is 5.73. The molecule has 20 heavy (non-hydrogen) atoms. The summed E-state index contributed by atoms with van der Waals surface area (Å²) in [4.78, 5) is 23.4. The molecule has 0 fully saturated rings. The van der Waals surface area contributed by atoms with Gasteiger partial charge in [0.15, 0.2) is 0 Å². The number of anilines is 2. The molecule has 110 valence electrons. The number of ether oxygens (including phenoxy) is 1. The van der Waals surface area contributed by atoms with Gasteiger partial charge in [-0.25, -0.2) is 0 Å². The third-order valence-corrected chi connectivity index (χ3v) is 2.64. The van der Waals surface area contributed by atoms with Crippen molar-refractivity contribution in [2.45, 2.75) is 0 Å². The molecular formula is C12H18N4O4. The summed E-state index contributed by atoms with van der Waals surface area (Å²) in [6.45, 7) is 0.972. The summed E-state index contributed by atoms with van der Waals surface area (Å²) in [5, 5.41) is 13.3. The number of methoxy groups -OCH3 is 1. The minimum absolute atomic E-state index is 0.0794. The van der Waals surface area contributed by atoms with Gasteiger partial charge in [0.05, 0.1) is 29.4 Å². The molecule has 1 amide bonds. The summed E-state index contributed by atoms with van der Waals surface area (Å²) in [6.07, 6.45) is 0. The van der Waals surface area contributed by atoms with Crippen LogP contribution in [0.25, 0.3) is 0 Å². The summed E-state index contributed by atoms with van der Waals surface area (Å²) < 4.78 is 4.82. The highest BCUT2D eigenvalue weighted by Crippen LogP contribution is 2.26. The Balaban J connectivity index is 2.65. The van der Waals surface area contributed by atoms with Crippen molar-refractivity contribution >= 4 is 23.0 Å². The fourth-order valence-corrected chi connectivity index (χ4v) is 1.65. The first-order valence-electron chi connectivity index (χ1n) is 5.96. The summed E-state index contributed by atoms with van der Waals surface area (Å²) >= 11 is 0. The van der Waals surface area contributed by atoms with E-state index < -0.39 is 4.92 Å². The van der Waals surface area contributed by atoms with E-state index in [4.69, 9.17) is 10.5 Å². The standard InChI is InChI=1S/C12H18N4O4/c1-15(8-12(17)14-5-6-20-2)11-4-3-9(16(18)19)7-10(11)13/h3-4,7H,5-6,8,13H2,1-2H3,(H,14,17). The Morgan fingerprint density at radius 3 is 2.80 bits per heavy atom. The number of likely N-dealkylation sites (N-methyl/N-ethyl adjacent to an activating group) is 1. The van der Waals surface area contributed by atoms with Crippen molar-refractivity contribution in [2.75, 3.05) is 44.5 Å². The number of carbonyl (C=O) groups excluding carboxylic acids is 1. The largest absolute Gasteiger partial charge is 0.397 e. The Morgan fingerprint density at radius 2 is 2.25 bits per heavy atom. The molecule has 1 rings (SSSR count). The zero-order chi connectivity index (χ0) is 15.1. The van der Waals surface area contributed by atoms with Crippen LogP contribution in [0.2, 0.25) is 0 Å². The Bertz CT molecular complexity index is 492. The fraction of sp³-hybridized carbons (Fsp3) is 0.417. The monoisotopic (exact) mass is 282 g/mol. The lowest BCUT2D eigenvalue weighted by Crippen LogP contribution is -2.36. The molecule has 1 aromatic rings. The van der Waals surface area contributed by atoms with Crippen LogP contribution in [-0.4, -0.2) is 44.7 Å². The van der Waals surface area contributed by atoms with Gasteiger partial charge in [0.1, 0.15) is 0 Å². The molecule has 1 aromatic carbocycles.